The molecule has 1 aromatic heterocycles. The standard InChI is InChI=1S/C9H11N3/c1-6(2)9-7-3-10-4-8(7)11-5-12-9/h3,5-6H,4H2,1-2H3. The lowest BCUT2D eigenvalue weighted by Gasteiger charge is -2.06. The lowest BCUT2D eigenvalue weighted by molar-refractivity contribution is 0.803. The summed E-state index contributed by atoms with van der Waals surface area (Å²) in [6, 6.07) is 0. The van der Waals surface area contributed by atoms with E-state index < -0.39 is 0 Å². The van der Waals surface area contributed by atoms with Gasteiger partial charge in [-0.15, -0.1) is 0 Å². The molecule has 1 aromatic rings. The number of hydrogen-bond acceptors (Lipinski definition) is 3. The van der Waals surface area contributed by atoms with E-state index in [1.807, 2.05) is 6.21 Å². The van der Waals surface area contributed by atoms with Crippen LogP contribution in [0.25, 0.3) is 0 Å². The zero-order valence-corrected chi connectivity index (χ0v) is 7.28. The second kappa shape index (κ2) is 2.66. The molecule has 0 fully saturated rings. The molecule has 3 heteroatoms. The molecule has 12 heavy (non-hydrogen) atoms. The summed E-state index contributed by atoms with van der Waals surface area (Å²) in [5.74, 6) is 0.450. The summed E-state index contributed by atoms with van der Waals surface area (Å²) in [5, 5.41) is 0. The summed E-state index contributed by atoms with van der Waals surface area (Å²) < 4.78 is 0. The molecule has 1 aliphatic rings. The third kappa shape index (κ3) is 1.02. The van der Waals surface area contributed by atoms with Crippen molar-refractivity contribution in [2.75, 3.05) is 0 Å². The van der Waals surface area contributed by atoms with Crippen molar-refractivity contribution in [3.63, 3.8) is 0 Å². The van der Waals surface area contributed by atoms with Gasteiger partial charge in [0.25, 0.3) is 0 Å². The Kier molecular flexibility index (Phi) is 1.64. The molecule has 0 unspecified atom stereocenters. The zero-order valence-electron chi connectivity index (χ0n) is 7.28. The third-order valence-corrected chi connectivity index (χ3v) is 2.01. The maximum absolute atomic E-state index is 4.25. The fourth-order valence-electron chi connectivity index (χ4n) is 1.40. The normalized spacial score (nSPS) is 13.9. The molecule has 2 heterocycles. The van der Waals surface area contributed by atoms with E-state index >= 15 is 0 Å². The van der Waals surface area contributed by atoms with E-state index in [-0.39, 0.29) is 0 Å². The Morgan fingerprint density at radius 2 is 2.17 bits per heavy atom. The summed E-state index contributed by atoms with van der Waals surface area (Å²) in [6.07, 6.45) is 3.51. The van der Waals surface area contributed by atoms with Gasteiger partial charge in [-0.3, -0.25) is 4.99 Å². The average Bonchev–Trinajstić information content (AvgIpc) is 2.49. The van der Waals surface area contributed by atoms with Crippen LogP contribution < -0.4 is 0 Å². The van der Waals surface area contributed by atoms with Crippen LogP contribution >= 0.6 is 0 Å². The predicted octanol–water partition coefficient (Wildman–Crippen LogP) is 1.53. The first kappa shape index (κ1) is 7.40. The van der Waals surface area contributed by atoms with Gasteiger partial charge in [0.15, 0.2) is 0 Å². The van der Waals surface area contributed by atoms with Crippen LogP contribution in [0.5, 0.6) is 0 Å². The van der Waals surface area contributed by atoms with E-state index in [9.17, 15) is 0 Å². The van der Waals surface area contributed by atoms with Gasteiger partial charge < -0.3 is 0 Å². The van der Waals surface area contributed by atoms with Crippen LogP contribution in [-0.4, -0.2) is 16.2 Å². The van der Waals surface area contributed by atoms with Gasteiger partial charge in [-0.25, -0.2) is 9.97 Å². The Morgan fingerprint density at radius 1 is 1.33 bits per heavy atom. The summed E-state index contributed by atoms with van der Waals surface area (Å²) in [4.78, 5) is 12.6. The monoisotopic (exact) mass is 161 g/mol. The molecule has 0 bridgehead atoms. The van der Waals surface area contributed by atoms with Crippen molar-refractivity contribution >= 4 is 6.21 Å². The van der Waals surface area contributed by atoms with E-state index in [1.54, 1.807) is 6.33 Å². The summed E-state index contributed by atoms with van der Waals surface area (Å²) in [6.45, 7) is 4.99. The van der Waals surface area contributed by atoms with Gasteiger partial charge in [0.1, 0.15) is 6.33 Å². The molecule has 1 aliphatic heterocycles. The van der Waals surface area contributed by atoms with E-state index in [2.05, 4.69) is 28.8 Å². The molecule has 0 amide bonds. The fraction of sp³-hybridized carbons (Fsp3) is 0.444. The van der Waals surface area contributed by atoms with Crippen LogP contribution in [0.15, 0.2) is 11.3 Å². The van der Waals surface area contributed by atoms with Gasteiger partial charge in [-0.05, 0) is 5.92 Å². The predicted molar refractivity (Wildman–Crippen MR) is 47.4 cm³/mol. The van der Waals surface area contributed by atoms with Gasteiger partial charge in [0.05, 0.1) is 17.9 Å². The molecule has 0 atom stereocenters. The van der Waals surface area contributed by atoms with Crippen molar-refractivity contribution in [2.24, 2.45) is 4.99 Å². The minimum atomic E-state index is 0.450. The van der Waals surface area contributed by atoms with Gasteiger partial charge in [0.2, 0.25) is 0 Å². The Balaban J connectivity index is 2.56. The highest BCUT2D eigenvalue weighted by Crippen LogP contribution is 2.20. The van der Waals surface area contributed by atoms with Crippen LogP contribution in [0.2, 0.25) is 0 Å². The second-order valence-electron chi connectivity index (χ2n) is 3.24. The SMILES string of the molecule is CC(C)c1ncnc2c1C=NC2. The van der Waals surface area contributed by atoms with E-state index in [4.69, 9.17) is 0 Å². The van der Waals surface area contributed by atoms with E-state index in [0.717, 1.165) is 23.5 Å². The van der Waals surface area contributed by atoms with Gasteiger partial charge in [-0.1, -0.05) is 13.8 Å². The fourth-order valence-corrected chi connectivity index (χ4v) is 1.40. The molecule has 0 aliphatic carbocycles. The van der Waals surface area contributed by atoms with Gasteiger partial charge in [-0.2, -0.15) is 0 Å². The first-order chi connectivity index (χ1) is 5.79. The Bertz CT molecular complexity index is 329. The van der Waals surface area contributed by atoms with Crippen LogP contribution in [0, 0.1) is 0 Å². The number of nitrogens with zero attached hydrogens (tertiary/aromatic N) is 3. The topological polar surface area (TPSA) is 38.1 Å². The molecule has 62 valence electrons. The minimum absolute atomic E-state index is 0.450. The number of rotatable bonds is 1. The molecule has 0 saturated heterocycles. The molecule has 0 spiro atoms. The molecule has 3 nitrogen and oxygen atoms in total. The summed E-state index contributed by atoms with van der Waals surface area (Å²) >= 11 is 0. The van der Waals surface area contributed by atoms with E-state index in [0.29, 0.717) is 5.92 Å². The molecule has 0 saturated carbocycles. The number of aromatic nitrogens is 2. The van der Waals surface area contributed by atoms with Crippen LogP contribution in [0.4, 0.5) is 0 Å². The maximum Gasteiger partial charge on any atom is 0.116 e. The third-order valence-electron chi connectivity index (χ3n) is 2.01. The van der Waals surface area contributed by atoms with Crippen molar-refractivity contribution in [1.29, 1.82) is 0 Å². The number of hydrogen-bond donors (Lipinski definition) is 0. The highest BCUT2D eigenvalue weighted by atomic mass is 14.9. The lowest BCUT2D eigenvalue weighted by atomic mass is 10.0. The highest BCUT2D eigenvalue weighted by Gasteiger charge is 2.14. The first-order valence-corrected chi connectivity index (χ1v) is 4.12. The minimum Gasteiger partial charge on any atom is -0.286 e. The summed E-state index contributed by atoms with van der Waals surface area (Å²) in [7, 11) is 0. The van der Waals surface area contributed by atoms with Crippen molar-refractivity contribution in [3.05, 3.63) is 23.3 Å². The molecule has 2 rings (SSSR count). The second-order valence-corrected chi connectivity index (χ2v) is 3.24. The van der Waals surface area contributed by atoms with Crippen molar-refractivity contribution in [3.8, 4) is 0 Å². The summed E-state index contributed by atoms with van der Waals surface area (Å²) in [5.41, 5.74) is 3.31. The van der Waals surface area contributed by atoms with Crippen molar-refractivity contribution in [1.82, 2.24) is 9.97 Å². The molecular formula is C9H11N3. The van der Waals surface area contributed by atoms with Gasteiger partial charge >= 0.3 is 0 Å². The smallest absolute Gasteiger partial charge is 0.116 e. The van der Waals surface area contributed by atoms with Crippen LogP contribution in [-0.2, 0) is 6.54 Å². The average molecular weight is 161 g/mol. The number of fused-ring (bicyclic) bond motifs is 1. The Morgan fingerprint density at radius 3 is 2.92 bits per heavy atom. The van der Waals surface area contributed by atoms with Crippen LogP contribution in [0.3, 0.4) is 0 Å². The largest absolute Gasteiger partial charge is 0.286 e. The Labute approximate surface area is 71.6 Å². The molecule has 0 N–H and O–H groups in total. The van der Waals surface area contributed by atoms with Crippen molar-refractivity contribution < 1.29 is 0 Å². The molecule has 0 aromatic carbocycles. The first-order valence-electron chi connectivity index (χ1n) is 4.12. The van der Waals surface area contributed by atoms with Crippen LogP contribution in [0.1, 0.15) is 36.7 Å². The molecule has 0 radical (unpaired) electrons. The van der Waals surface area contributed by atoms with Crippen molar-refractivity contribution in [2.45, 2.75) is 26.3 Å². The zero-order chi connectivity index (χ0) is 8.55. The number of aliphatic imine (C=N–C) groups is 1. The highest BCUT2D eigenvalue weighted by molar-refractivity contribution is 5.85. The maximum atomic E-state index is 4.25. The van der Waals surface area contributed by atoms with Gasteiger partial charge in [0, 0.05) is 11.8 Å². The quantitative estimate of drug-likeness (QED) is 0.626. The molecular weight excluding hydrogens is 150 g/mol. The Hall–Kier alpha value is -1.25. The van der Waals surface area contributed by atoms with E-state index in [1.165, 1.54) is 0 Å². The lowest BCUT2D eigenvalue weighted by Crippen LogP contribution is -2.02.